The zero-order valence-electron chi connectivity index (χ0n) is 12.4. The molecule has 2 saturated heterocycles. The Morgan fingerprint density at radius 3 is 2.82 bits per heavy atom. The Labute approximate surface area is 135 Å². The van der Waals surface area contributed by atoms with Crippen LogP contribution in [0.3, 0.4) is 0 Å². The molecule has 2 unspecified atom stereocenters. The van der Waals surface area contributed by atoms with Crippen molar-refractivity contribution in [2.45, 2.75) is 13.3 Å². The molecular weight excluding hydrogens is 306 g/mol. The lowest BCUT2D eigenvalue weighted by Crippen LogP contribution is -2.43. The Balaban J connectivity index is 0.00000176. The maximum absolute atomic E-state index is 12.6. The molecule has 2 fully saturated rings. The van der Waals surface area contributed by atoms with E-state index in [1.165, 1.54) is 6.07 Å². The zero-order chi connectivity index (χ0) is 15.0. The largest absolute Gasteiger partial charge is 0.338 e. The highest BCUT2D eigenvalue weighted by atomic mass is 35.5. The van der Waals surface area contributed by atoms with Crippen molar-refractivity contribution < 1.29 is 9.72 Å². The van der Waals surface area contributed by atoms with Gasteiger partial charge < -0.3 is 10.2 Å². The summed E-state index contributed by atoms with van der Waals surface area (Å²) in [5, 5.41) is 14.4. The average molecular weight is 326 g/mol. The van der Waals surface area contributed by atoms with Gasteiger partial charge >= 0.3 is 0 Å². The standard InChI is InChI=1S/C15H19N3O3.ClH/c1-10-2-3-11(6-14(10)18(20)21)15(19)17-5-4-12-7-16-8-13(12)9-17;/h2-3,6,12-13,16H,4-5,7-9H2,1H3;1H. The lowest BCUT2D eigenvalue weighted by molar-refractivity contribution is -0.385. The van der Waals surface area contributed by atoms with Crippen LogP contribution in [0.1, 0.15) is 22.3 Å². The highest BCUT2D eigenvalue weighted by molar-refractivity contribution is 5.95. The Bertz CT molecular complexity index is 593. The summed E-state index contributed by atoms with van der Waals surface area (Å²) >= 11 is 0. The molecule has 2 aliphatic heterocycles. The summed E-state index contributed by atoms with van der Waals surface area (Å²) in [7, 11) is 0. The summed E-state index contributed by atoms with van der Waals surface area (Å²) in [5.41, 5.74) is 1.00. The van der Waals surface area contributed by atoms with Crippen LogP contribution in [0.5, 0.6) is 0 Å². The number of aryl methyl sites for hydroxylation is 1. The van der Waals surface area contributed by atoms with E-state index in [1.807, 2.05) is 4.90 Å². The van der Waals surface area contributed by atoms with Crippen molar-refractivity contribution in [1.29, 1.82) is 0 Å². The van der Waals surface area contributed by atoms with Crippen molar-refractivity contribution in [2.24, 2.45) is 11.8 Å². The number of nitro groups is 1. The van der Waals surface area contributed by atoms with E-state index in [0.29, 0.717) is 23.0 Å². The summed E-state index contributed by atoms with van der Waals surface area (Å²) in [4.78, 5) is 25.0. The fourth-order valence-electron chi connectivity index (χ4n) is 3.34. The summed E-state index contributed by atoms with van der Waals surface area (Å²) < 4.78 is 0. The monoisotopic (exact) mass is 325 g/mol. The van der Waals surface area contributed by atoms with E-state index in [0.717, 1.165) is 32.6 Å². The number of amides is 1. The maximum atomic E-state index is 12.6. The number of likely N-dealkylation sites (tertiary alicyclic amines) is 1. The molecule has 0 saturated carbocycles. The van der Waals surface area contributed by atoms with Crippen molar-refractivity contribution in [1.82, 2.24) is 10.2 Å². The predicted octanol–water partition coefficient (Wildman–Crippen LogP) is 2.01. The van der Waals surface area contributed by atoms with Gasteiger partial charge in [-0.3, -0.25) is 14.9 Å². The Morgan fingerprint density at radius 1 is 1.36 bits per heavy atom. The molecule has 120 valence electrons. The average Bonchev–Trinajstić information content (AvgIpc) is 2.94. The highest BCUT2D eigenvalue weighted by Gasteiger charge is 2.34. The number of carbonyl (C=O) groups is 1. The van der Waals surface area contributed by atoms with Gasteiger partial charge in [-0.25, -0.2) is 0 Å². The molecule has 6 nitrogen and oxygen atoms in total. The van der Waals surface area contributed by atoms with E-state index in [9.17, 15) is 14.9 Å². The normalized spacial score (nSPS) is 23.6. The van der Waals surface area contributed by atoms with E-state index in [1.54, 1.807) is 19.1 Å². The molecule has 3 rings (SSSR count). The summed E-state index contributed by atoms with van der Waals surface area (Å²) in [6.45, 7) is 5.18. The third-order valence-electron chi connectivity index (χ3n) is 4.64. The van der Waals surface area contributed by atoms with Gasteiger partial charge in [-0.2, -0.15) is 0 Å². The number of hydrogen-bond acceptors (Lipinski definition) is 4. The minimum absolute atomic E-state index is 0. The van der Waals surface area contributed by atoms with Crippen molar-refractivity contribution in [2.75, 3.05) is 26.2 Å². The molecule has 1 amide bonds. The third kappa shape index (κ3) is 3.08. The van der Waals surface area contributed by atoms with Crippen LogP contribution in [-0.2, 0) is 0 Å². The SMILES string of the molecule is Cc1ccc(C(=O)N2CCC3CNCC3C2)cc1[N+](=O)[O-].Cl. The number of carbonyl (C=O) groups excluding carboxylic acids is 1. The minimum Gasteiger partial charge on any atom is -0.338 e. The van der Waals surface area contributed by atoms with Gasteiger partial charge in [-0.05, 0) is 44.3 Å². The molecule has 2 atom stereocenters. The van der Waals surface area contributed by atoms with Crippen LogP contribution in [0.2, 0.25) is 0 Å². The molecule has 2 aliphatic rings. The quantitative estimate of drug-likeness (QED) is 0.666. The van der Waals surface area contributed by atoms with Crippen LogP contribution in [-0.4, -0.2) is 41.9 Å². The summed E-state index contributed by atoms with van der Waals surface area (Å²) in [6, 6.07) is 4.73. The van der Waals surface area contributed by atoms with Crippen LogP contribution >= 0.6 is 12.4 Å². The highest BCUT2D eigenvalue weighted by Crippen LogP contribution is 2.28. The van der Waals surface area contributed by atoms with Gasteiger partial charge in [0, 0.05) is 30.3 Å². The van der Waals surface area contributed by atoms with E-state index < -0.39 is 4.92 Å². The molecule has 0 radical (unpaired) electrons. The van der Waals surface area contributed by atoms with Crippen molar-refractivity contribution >= 4 is 24.0 Å². The number of fused-ring (bicyclic) bond motifs is 1. The van der Waals surface area contributed by atoms with Crippen molar-refractivity contribution in [3.63, 3.8) is 0 Å². The molecule has 0 bridgehead atoms. The van der Waals surface area contributed by atoms with Gasteiger partial charge in [0.1, 0.15) is 0 Å². The molecule has 0 aliphatic carbocycles. The van der Waals surface area contributed by atoms with E-state index >= 15 is 0 Å². The number of piperidine rings is 1. The molecule has 1 aromatic carbocycles. The first kappa shape index (κ1) is 16.7. The Kier molecular flexibility index (Phi) is 5.03. The maximum Gasteiger partial charge on any atom is 0.273 e. The molecule has 1 N–H and O–H groups in total. The molecule has 2 heterocycles. The minimum atomic E-state index is -0.431. The smallest absolute Gasteiger partial charge is 0.273 e. The first-order valence-corrected chi connectivity index (χ1v) is 7.31. The first-order chi connectivity index (χ1) is 10.1. The van der Waals surface area contributed by atoms with Crippen LogP contribution in [0.25, 0.3) is 0 Å². The fourth-order valence-corrected chi connectivity index (χ4v) is 3.34. The van der Waals surface area contributed by atoms with Crippen LogP contribution in [0, 0.1) is 28.9 Å². The van der Waals surface area contributed by atoms with E-state index in [4.69, 9.17) is 0 Å². The number of nitrogens with one attached hydrogen (secondary N) is 1. The second kappa shape index (κ2) is 6.62. The predicted molar refractivity (Wildman–Crippen MR) is 85.5 cm³/mol. The van der Waals surface area contributed by atoms with Gasteiger partial charge in [0.05, 0.1) is 4.92 Å². The molecule has 22 heavy (non-hydrogen) atoms. The number of nitro benzene ring substituents is 1. The number of nitrogens with zero attached hydrogens (tertiary/aromatic N) is 2. The van der Waals surface area contributed by atoms with Gasteiger partial charge in [0.2, 0.25) is 0 Å². The third-order valence-corrected chi connectivity index (χ3v) is 4.64. The zero-order valence-corrected chi connectivity index (χ0v) is 13.3. The topological polar surface area (TPSA) is 75.5 Å². The summed E-state index contributed by atoms with van der Waals surface area (Å²) in [6.07, 6.45) is 1.01. The molecule has 0 aromatic heterocycles. The van der Waals surface area contributed by atoms with Crippen molar-refractivity contribution in [3.8, 4) is 0 Å². The first-order valence-electron chi connectivity index (χ1n) is 7.31. The van der Waals surface area contributed by atoms with Gasteiger partial charge in [0.25, 0.3) is 11.6 Å². The molecular formula is C15H20ClN3O3. The molecule has 0 spiro atoms. The second-order valence-corrected chi connectivity index (χ2v) is 5.98. The lowest BCUT2D eigenvalue weighted by atomic mass is 9.88. The number of rotatable bonds is 2. The summed E-state index contributed by atoms with van der Waals surface area (Å²) in [5.74, 6) is 1.09. The lowest BCUT2D eigenvalue weighted by Gasteiger charge is -2.34. The van der Waals surface area contributed by atoms with Gasteiger partial charge in [-0.15, -0.1) is 12.4 Å². The molecule has 1 aromatic rings. The molecule has 7 heteroatoms. The number of halogens is 1. The van der Waals surface area contributed by atoms with Crippen molar-refractivity contribution in [3.05, 3.63) is 39.4 Å². The van der Waals surface area contributed by atoms with Gasteiger partial charge in [-0.1, -0.05) is 6.07 Å². The van der Waals surface area contributed by atoms with Crippen LogP contribution in [0.15, 0.2) is 18.2 Å². The van der Waals surface area contributed by atoms with Gasteiger partial charge in [0.15, 0.2) is 0 Å². The Hall–Kier alpha value is -1.66. The fraction of sp³-hybridized carbons (Fsp3) is 0.533. The number of benzene rings is 1. The van der Waals surface area contributed by atoms with Crippen LogP contribution in [0.4, 0.5) is 5.69 Å². The van der Waals surface area contributed by atoms with E-state index in [-0.39, 0.29) is 24.0 Å². The second-order valence-electron chi connectivity index (χ2n) is 5.98. The van der Waals surface area contributed by atoms with E-state index in [2.05, 4.69) is 5.32 Å². The number of hydrogen-bond donors (Lipinski definition) is 1. The Morgan fingerprint density at radius 2 is 2.09 bits per heavy atom. The van der Waals surface area contributed by atoms with Crippen LogP contribution < -0.4 is 5.32 Å².